The van der Waals surface area contributed by atoms with Gasteiger partial charge in [0, 0.05) is 24.4 Å². The smallest absolute Gasteiger partial charge is 0.221 e. The first kappa shape index (κ1) is 17.4. The Balaban J connectivity index is 2.15. The van der Waals surface area contributed by atoms with Crippen molar-refractivity contribution in [3.63, 3.8) is 0 Å². The fraction of sp³-hybridized carbons (Fsp3) is 0.600. The van der Waals surface area contributed by atoms with Gasteiger partial charge >= 0.3 is 0 Å². The summed E-state index contributed by atoms with van der Waals surface area (Å²) in [4.78, 5) is 16.1. The minimum atomic E-state index is 0.172. The molecule has 112 valence electrons. The van der Waals surface area contributed by atoms with Gasteiger partial charge in [-0.25, -0.2) is 4.98 Å². The molecular formula is C15H24N2OS2. The van der Waals surface area contributed by atoms with Crippen LogP contribution in [0.15, 0.2) is 29.4 Å². The van der Waals surface area contributed by atoms with Crippen molar-refractivity contribution in [2.75, 3.05) is 5.75 Å². The number of aromatic nitrogens is 1. The Labute approximate surface area is 130 Å². The van der Waals surface area contributed by atoms with Gasteiger partial charge in [0.1, 0.15) is 5.03 Å². The Hall–Kier alpha value is -0.680. The maximum absolute atomic E-state index is 11.9. The van der Waals surface area contributed by atoms with Gasteiger partial charge in [-0.2, -0.15) is 0 Å². The molecule has 1 aromatic heterocycles. The van der Waals surface area contributed by atoms with Crippen LogP contribution in [0.4, 0.5) is 0 Å². The number of carbonyl (C=O) groups is 1. The Bertz CT molecular complexity index is 367. The fourth-order valence-electron chi connectivity index (χ4n) is 1.92. The van der Waals surface area contributed by atoms with E-state index in [4.69, 9.17) is 0 Å². The molecule has 1 rings (SSSR count). The highest BCUT2D eigenvalue weighted by Crippen LogP contribution is 2.29. The molecule has 0 atom stereocenters. The highest BCUT2D eigenvalue weighted by molar-refractivity contribution is 8.76. The first-order valence-electron chi connectivity index (χ1n) is 7.26. The van der Waals surface area contributed by atoms with Gasteiger partial charge in [-0.15, -0.1) is 0 Å². The zero-order chi connectivity index (χ0) is 14.6. The Morgan fingerprint density at radius 1 is 1.30 bits per heavy atom. The Kier molecular flexibility index (Phi) is 9.58. The van der Waals surface area contributed by atoms with Crippen LogP contribution in [0.25, 0.3) is 0 Å². The van der Waals surface area contributed by atoms with Crippen LogP contribution in [-0.2, 0) is 4.79 Å². The molecule has 0 saturated heterocycles. The van der Waals surface area contributed by atoms with Crippen LogP contribution in [0, 0.1) is 0 Å². The zero-order valence-corrected chi connectivity index (χ0v) is 13.9. The molecule has 3 nitrogen and oxygen atoms in total. The molecule has 5 heteroatoms. The lowest BCUT2D eigenvalue weighted by atomic mass is 10.1. The molecular weight excluding hydrogens is 288 g/mol. The number of carbonyl (C=O) groups excluding carboxylic acids is 1. The maximum atomic E-state index is 11.9. The first-order valence-corrected chi connectivity index (χ1v) is 9.58. The number of hydrogen-bond donors (Lipinski definition) is 1. The van der Waals surface area contributed by atoms with Crippen LogP contribution in [0.1, 0.15) is 46.0 Å². The van der Waals surface area contributed by atoms with Crippen molar-refractivity contribution in [2.45, 2.75) is 57.0 Å². The van der Waals surface area contributed by atoms with Crippen molar-refractivity contribution >= 4 is 27.5 Å². The van der Waals surface area contributed by atoms with E-state index in [0.29, 0.717) is 12.5 Å². The fourth-order valence-corrected chi connectivity index (χ4v) is 3.79. The topological polar surface area (TPSA) is 42.0 Å². The molecule has 0 spiro atoms. The average Bonchev–Trinajstić information content (AvgIpc) is 2.45. The molecule has 0 fully saturated rings. The normalized spacial score (nSPS) is 10.8. The van der Waals surface area contributed by atoms with Crippen LogP contribution >= 0.6 is 21.6 Å². The molecule has 20 heavy (non-hydrogen) atoms. The Morgan fingerprint density at radius 3 is 2.65 bits per heavy atom. The van der Waals surface area contributed by atoms with E-state index in [-0.39, 0.29) is 5.91 Å². The van der Waals surface area contributed by atoms with Crippen molar-refractivity contribution in [1.29, 1.82) is 0 Å². The molecule has 0 bridgehead atoms. The molecule has 1 N–H and O–H groups in total. The largest absolute Gasteiger partial charge is 0.353 e. The van der Waals surface area contributed by atoms with Crippen molar-refractivity contribution in [2.24, 2.45) is 0 Å². The number of rotatable bonds is 10. The van der Waals surface area contributed by atoms with E-state index >= 15 is 0 Å². The third-order valence-corrected chi connectivity index (χ3v) is 5.10. The summed E-state index contributed by atoms with van der Waals surface area (Å²) < 4.78 is 0. The Morgan fingerprint density at radius 2 is 2.05 bits per heavy atom. The van der Waals surface area contributed by atoms with E-state index in [9.17, 15) is 4.79 Å². The maximum Gasteiger partial charge on any atom is 0.221 e. The van der Waals surface area contributed by atoms with Crippen LogP contribution < -0.4 is 5.32 Å². The van der Waals surface area contributed by atoms with Crippen molar-refractivity contribution in [1.82, 2.24) is 10.3 Å². The lowest BCUT2D eigenvalue weighted by Crippen LogP contribution is -2.34. The zero-order valence-electron chi connectivity index (χ0n) is 12.3. The van der Waals surface area contributed by atoms with Gasteiger partial charge in [0.15, 0.2) is 0 Å². The predicted octanol–water partition coefficient (Wildman–Crippen LogP) is 4.30. The number of pyridine rings is 1. The highest BCUT2D eigenvalue weighted by atomic mass is 33.1. The molecule has 0 aliphatic rings. The molecule has 0 unspecified atom stereocenters. The van der Waals surface area contributed by atoms with Gasteiger partial charge in [0.25, 0.3) is 0 Å². The minimum Gasteiger partial charge on any atom is -0.353 e. The monoisotopic (exact) mass is 312 g/mol. The lowest BCUT2D eigenvalue weighted by Gasteiger charge is -2.17. The summed E-state index contributed by atoms with van der Waals surface area (Å²) in [5.74, 6) is 0.990. The van der Waals surface area contributed by atoms with Crippen LogP contribution in [0.2, 0.25) is 0 Å². The first-order chi connectivity index (χ1) is 9.76. The van der Waals surface area contributed by atoms with Gasteiger partial charge in [0.05, 0.1) is 0 Å². The molecule has 0 aliphatic carbocycles. The molecule has 1 heterocycles. The van der Waals surface area contributed by atoms with E-state index in [0.717, 1.165) is 36.5 Å². The summed E-state index contributed by atoms with van der Waals surface area (Å²) in [6.07, 6.45) is 6.76. The summed E-state index contributed by atoms with van der Waals surface area (Å²) >= 11 is 0. The number of nitrogens with one attached hydrogen (secondary N) is 1. The summed E-state index contributed by atoms with van der Waals surface area (Å²) in [6.45, 7) is 4.32. The average molecular weight is 313 g/mol. The number of hydrogen-bond acceptors (Lipinski definition) is 4. The van der Waals surface area contributed by atoms with E-state index in [2.05, 4.69) is 24.1 Å². The summed E-state index contributed by atoms with van der Waals surface area (Å²) in [6, 6.07) is 6.22. The molecule has 0 aliphatic heterocycles. The van der Waals surface area contributed by atoms with Crippen LogP contribution in [0.3, 0.4) is 0 Å². The van der Waals surface area contributed by atoms with Crippen molar-refractivity contribution < 1.29 is 4.79 Å². The van der Waals surface area contributed by atoms with E-state index in [1.54, 1.807) is 27.8 Å². The standard InChI is InChI=1S/C15H24N2OS2/c1-3-7-13(8-4-2)17-14(18)10-12-19-20-15-9-5-6-11-16-15/h5-6,9,11,13H,3-4,7-8,10,12H2,1-2H3,(H,17,18). The molecule has 0 aromatic carbocycles. The van der Waals surface area contributed by atoms with E-state index in [1.165, 1.54) is 0 Å². The van der Waals surface area contributed by atoms with Gasteiger partial charge in [0.2, 0.25) is 5.91 Å². The van der Waals surface area contributed by atoms with Crippen molar-refractivity contribution in [3.8, 4) is 0 Å². The summed E-state index contributed by atoms with van der Waals surface area (Å²) in [5, 5.41) is 4.13. The molecule has 1 aromatic rings. The SMILES string of the molecule is CCCC(CCC)NC(=O)CCSSc1ccccn1. The number of amides is 1. The third kappa shape index (κ3) is 7.80. The second-order valence-electron chi connectivity index (χ2n) is 4.67. The van der Waals surface area contributed by atoms with Crippen LogP contribution in [0.5, 0.6) is 0 Å². The van der Waals surface area contributed by atoms with Gasteiger partial charge < -0.3 is 5.32 Å². The quantitative estimate of drug-likeness (QED) is 0.517. The third-order valence-electron chi connectivity index (χ3n) is 2.83. The van der Waals surface area contributed by atoms with Crippen LogP contribution in [-0.4, -0.2) is 22.7 Å². The second kappa shape index (κ2) is 11.0. The minimum absolute atomic E-state index is 0.172. The molecule has 1 amide bonds. The van der Waals surface area contributed by atoms with Crippen molar-refractivity contribution in [3.05, 3.63) is 24.4 Å². The van der Waals surface area contributed by atoms with E-state index in [1.807, 2.05) is 18.2 Å². The molecule has 0 saturated carbocycles. The van der Waals surface area contributed by atoms with Gasteiger partial charge in [-0.1, -0.05) is 43.5 Å². The summed E-state index contributed by atoms with van der Waals surface area (Å²) in [5.41, 5.74) is 0. The highest BCUT2D eigenvalue weighted by Gasteiger charge is 2.10. The van der Waals surface area contributed by atoms with E-state index < -0.39 is 0 Å². The van der Waals surface area contributed by atoms with Gasteiger partial charge in [-0.05, 0) is 35.8 Å². The summed E-state index contributed by atoms with van der Waals surface area (Å²) in [7, 11) is 3.31. The number of nitrogens with zero attached hydrogens (tertiary/aromatic N) is 1. The predicted molar refractivity (Wildman–Crippen MR) is 88.9 cm³/mol. The lowest BCUT2D eigenvalue weighted by molar-refractivity contribution is -0.121. The van der Waals surface area contributed by atoms with Gasteiger partial charge in [-0.3, -0.25) is 4.79 Å². The second-order valence-corrected chi connectivity index (χ2v) is 7.10. The molecule has 0 radical (unpaired) electrons.